The molecular formula is C17H14N2O2Se. The fraction of sp³-hybridized carbons (Fsp3) is 0.0588. The van der Waals surface area contributed by atoms with Crippen LogP contribution >= 0.6 is 0 Å². The van der Waals surface area contributed by atoms with Crippen LogP contribution in [0.3, 0.4) is 0 Å². The van der Waals surface area contributed by atoms with Crippen molar-refractivity contribution < 1.29 is 9.90 Å². The summed E-state index contributed by atoms with van der Waals surface area (Å²) in [6, 6.07) is 16.3. The third-order valence-electron chi connectivity index (χ3n) is 3.45. The number of phenolic OH excluding ortho intramolecular Hbond substituents is 1. The fourth-order valence-electron chi connectivity index (χ4n) is 2.33. The number of hydrogen-bond donors (Lipinski definition) is 1. The van der Waals surface area contributed by atoms with Gasteiger partial charge in [0.25, 0.3) is 0 Å². The molecule has 4 nitrogen and oxygen atoms in total. The van der Waals surface area contributed by atoms with E-state index in [1.54, 1.807) is 34.1 Å². The number of nitrogens with zero attached hydrogens (tertiary/aromatic N) is 2. The van der Waals surface area contributed by atoms with Gasteiger partial charge in [0.1, 0.15) is 0 Å². The van der Waals surface area contributed by atoms with E-state index < -0.39 is 0 Å². The Bertz CT molecular complexity index is 771. The van der Waals surface area contributed by atoms with E-state index in [1.165, 1.54) is 0 Å². The van der Waals surface area contributed by atoms with Gasteiger partial charge in [-0.05, 0) is 0 Å². The van der Waals surface area contributed by atoms with Crippen molar-refractivity contribution in [2.45, 2.75) is 0 Å². The molecule has 110 valence electrons. The van der Waals surface area contributed by atoms with Crippen LogP contribution in [0.25, 0.3) is 6.08 Å². The van der Waals surface area contributed by atoms with Crippen LogP contribution in [0.4, 0.5) is 5.69 Å². The third kappa shape index (κ3) is 2.56. The summed E-state index contributed by atoms with van der Waals surface area (Å²) in [5.41, 5.74) is 2.13. The average Bonchev–Trinajstić information content (AvgIpc) is 2.72. The molecule has 0 aliphatic carbocycles. The number of carbonyl (C=O) groups is 1. The Morgan fingerprint density at radius 3 is 2.50 bits per heavy atom. The summed E-state index contributed by atoms with van der Waals surface area (Å²) in [7, 11) is 1.83. The van der Waals surface area contributed by atoms with Crippen LogP contribution in [0.2, 0.25) is 0 Å². The van der Waals surface area contributed by atoms with E-state index in [0.29, 0.717) is 5.70 Å². The molecule has 22 heavy (non-hydrogen) atoms. The molecule has 0 radical (unpaired) electrons. The van der Waals surface area contributed by atoms with Crippen LogP contribution < -0.4 is 4.90 Å². The quantitative estimate of drug-likeness (QED) is 0.660. The van der Waals surface area contributed by atoms with Crippen molar-refractivity contribution in [3.05, 3.63) is 65.9 Å². The molecule has 1 N–H and O–H groups in total. The Morgan fingerprint density at radius 2 is 1.82 bits per heavy atom. The first-order valence-corrected chi connectivity index (χ1v) is 7.61. The Morgan fingerprint density at radius 1 is 1.09 bits per heavy atom. The van der Waals surface area contributed by atoms with E-state index in [4.69, 9.17) is 0 Å². The summed E-state index contributed by atoms with van der Waals surface area (Å²) < 4.78 is 0.725. The van der Waals surface area contributed by atoms with E-state index in [9.17, 15) is 9.90 Å². The number of anilines is 1. The zero-order valence-electron chi connectivity index (χ0n) is 11.9. The first-order valence-electron chi connectivity index (χ1n) is 6.76. The summed E-state index contributed by atoms with van der Waals surface area (Å²) >= 11 is 2.95. The Balaban J connectivity index is 2.01. The van der Waals surface area contributed by atoms with Crippen molar-refractivity contribution in [2.24, 2.45) is 0 Å². The number of amides is 1. The predicted octanol–water partition coefficient (Wildman–Crippen LogP) is 1.97. The molecule has 5 heteroatoms. The Labute approximate surface area is 136 Å². The standard InChI is InChI=1S/C17H14N2O2Se/c1-18-15(11-12-6-5-9-14(20)10-12)16(21)19(17(18)22)13-7-3-2-4-8-13/h2-11,20H,1H3/b15-11+. The van der Waals surface area contributed by atoms with Gasteiger partial charge in [-0.25, -0.2) is 0 Å². The number of likely N-dealkylation sites (N-methyl/N-ethyl adjacent to an activating group) is 1. The molecule has 0 bridgehead atoms. The van der Waals surface area contributed by atoms with Crippen LogP contribution in [-0.4, -0.2) is 43.2 Å². The molecule has 2 aromatic carbocycles. The minimum absolute atomic E-state index is 0.106. The fourth-order valence-corrected chi connectivity index (χ4v) is 2.94. The van der Waals surface area contributed by atoms with Crippen LogP contribution in [0, 0.1) is 0 Å². The first-order chi connectivity index (χ1) is 10.6. The Hall–Kier alpha value is -2.36. The van der Waals surface area contributed by atoms with E-state index in [-0.39, 0.29) is 11.7 Å². The van der Waals surface area contributed by atoms with Gasteiger partial charge in [-0.3, -0.25) is 0 Å². The number of benzene rings is 2. The van der Waals surface area contributed by atoms with Crippen LogP contribution in [0.15, 0.2) is 60.3 Å². The zero-order valence-corrected chi connectivity index (χ0v) is 13.6. The van der Waals surface area contributed by atoms with Gasteiger partial charge < -0.3 is 0 Å². The number of para-hydroxylation sites is 1. The normalized spacial score (nSPS) is 16.7. The average molecular weight is 357 g/mol. The summed E-state index contributed by atoms with van der Waals surface area (Å²) in [6.07, 6.45) is 1.77. The summed E-state index contributed by atoms with van der Waals surface area (Å²) in [4.78, 5) is 16.2. The van der Waals surface area contributed by atoms with Gasteiger partial charge in [-0.1, -0.05) is 0 Å². The molecule has 1 amide bonds. The number of phenols is 1. The van der Waals surface area contributed by atoms with Crippen molar-refractivity contribution >= 4 is 37.9 Å². The van der Waals surface area contributed by atoms with E-state index in [1.807, 2.05) is 43.4 Å². The van der Waals surface area contributed by atoms with Crippen LogP contribution in [-0.2, 0) is 4.79 Å². The molecule has 3 rings (SSSR count). The third-order valence-corrected chi connectivity index (χ3v) is 4.41. The molecule has 2 aromatic rings. The zero-order chi connectivity index (χ0) is 15.7. The van der Waals surface area contributed by atoms with Gasteiger partial charge in [0, 0.05) is 0 Å². The SMILES string of the molecule is CN1C(=[Se])N(c2ccccc2)C(=O)/C1=C\c1cccc(O)c1. The van der Waals surface area contributed by atoms with Crippen molar-refractivity contribution in [2.75, 3.05) is 11.9 Å². The molecule has 1 aliphatic heterocycles. The molecule has 1 fully saturated rings. The minimum atomic E-state index is -0.106. The van der Waals surface area contributed by atoms with Gasteiger partial charge in [0.05, 0.1) is 0 Å². The van der Waals surface area contributed by atoms with Crippen LogP contribution in [0.5, 0.6) is 5.75 Å². The molecule has 0 spiro atoms. The van der Waals surface area contributed by atoms with Crippen molar-refractivity contribution in [1.29, 1.82) is 0 Å². The first kappa shape index (κ1) is 14.6. The maximum atomic E-state index is 12.7. The van der Waals surface area contributed by atoms with Gasteiger partial charge >= 0.3 is 136 Å². The number of rotatable bonds is 2. The monoisotopic (exact) mass is 358 g/mol. The van der Waals surface area contributed by atoms with Gasteiger partial charge in [-0.15, -0.1) is 0 Å². The number of aromatic hydroxyl groups is 1. The number of hydrogen-bond acceptors (Lipinski definition) is 3. The molecule has 0 saturated carbocycles. The Kier molecular flexibility index (Phi) is 3.84. The molecular weight excluding hydrogens is 343 g/mol. The second-order valence-electron chi connectivity index (χ2n) is 4.94. The van der Waals surface area contributed by atoms with E-state index >= 15 is 0 Å². The summed E-state index contributed by atoms with van der Waals surface area (Å²) in [5.74, 6) is 0.0698. The number of carbonyl (C=O) groups excluding carboxylic acids is 1. The maximum absolute atomic E-state index is 12.7. The predicted molar refractivity (Wildman–Crippen MR) is 88.5 cm³/mol. The van der Waals surface area contributed by atoms with Gasteiger partial charge in [0.15, 0.2) is 0 Å². The molecule has 0 unspecified atom stereocenters. The molecule has 0 atom stereocenters. The van der Waals surface area contributed by atoms with Crippen molar-refractivity contribution in [3.8, 4) is 5.75 Å². The van der Waals surface area contributed by atoms with Gasteiger partial charge in [0.2, 0.25) is 0 Å². The summed E-state index contributed by atoms with van der Waals surface area (Å²) in [5, 5.41) is 9.55. The summed E-state index contributed by atoms with van der Waals surface area (Å²) in [6.45, 7) is 0. The topological polar surface area (TPSA) is 43.8 Å². The second kappa shape index (κ2) is 5.79. The van der Waals surface area contributed by atoms with Crippen LogP contribution in [0.1, 0.15) is 5.56 Å². The molecule has 1 aliphatic rings. The molecule has 1 heterocycles. The second-order valence-corrected chi connectivity index (χ2v) is 5.71. The van der Waals surface area contributed by atoms with Gasteiger partial charge in [-0.2, -0.15) is 0 Å². The molecule has 0 aromatic heterocycles. The van der Waals surface area contributed by atoms with E-state index in [2.05, 4.69) is 15.6 Å². The molecule has 1 saturated heterocycles. The van der Waals surface area contributed by atoms with Crippen molar-refractivity contribution in [1.82, 2.24) is 4.90 Å². The van der Waals surface area contributed by atoms with Crippen molar-refractivity contribution in [3.63, 3.8) is 0 Å². The van der Waals surface area contributed by atoms with E-state index in [0.717, 1.165) is 15.9 Å².